The molecule has 3 rings (SSSR count). The van der Waals surface area contributed by atoms with Crippen LogP contribution in [0, 0.1) is 5.92 Å². The lowest BCUT2D eigenvalue weighted by Crippen LogP contribution is -2.47. The highest BCUT2D eigenvalue weighted by molar-refractivity contribution is 5.94. The van der Waals surface area contributed by atoms with Crippen LogP contribution in [0.4, 0.5) is 18.9 Å². The highest BCUT2D eigenvalue weighted by atomic mass is 19.4. The average Bonchev–Trinajstić information content (AvgIpc) is 2.75. The molecule has 1 amide bonds. The summed E-state index contributed by atoms with van der Waals surface area (Å²) in [5.74, 6) is 1.13. The zero-order chi connectivity index (χ0) is 23.3. The van der Waals surface area contributed by atoms with Gasteiger partial charge >= 0.3 is 6.18 Å². The van der Waals surface area contributed by atoms with E-state index < -0.39 is 11.7 Å². The number of rotatable bonds is 7. The Morgan fingerprint density at radius 2 is 1.66 bits per heavy atom. The summed E-state index contributed by atoms with van der Waals surface area (Å²) in [6, 6.07) is 13.0. The summed E-state index contributed by atoms with van der Waals surface area (Å²) in [5, 5.41) is 0. The molecule has 0 saturated carbocycles. The summed E-state index contributed by atoms with van der Waals surface area (Å²) < 4.78 is 43.6. The van der Waals surface area contributed by atoms with E-state index in [9.17, 15) is 18.0 Å². The van der Waals surface area contributed by atoms with Crippen molar-refractivity contribution in [2.45, 2.75) is 51.9 Å². The third-order valence-corrected chi connectivity index (χ3v) is 5.81. The predicted octanol–water partition coefficient (Wildman–Crippen LogP) is 5.76. The lowest BCUT2D eigenvalue weighted by molar-refractivity contribution is -0.137. The first-order valence-corrected chi connectivity index (χ1v) is 11.0. The van der Waals surface area contributed by atoms with E-state index in [1.807, 2.05) is 43.0 Å². The second kappa shape index (κ2) is 10.4. The van der Waals surface area contributed by atoms with Crippen LogP contribution in [0.25, 0.3) is 0 Å². The van der Waals surface area contributed by atoms with Crippen LogP contribution in [-0.4, -0.2) is 37.0 Å². The molecule has 0 spiro atoms. The van der Waals surface area contributed by atoms with Crippen LogP contribution < -0.4 is 9.64 Å². The Morgan fingerprint density at radius 1 is 1.06 bits per heavy atom. The highest BCUT2D eigenvalue weighted by Gasteiger charge is 2.31. The van der Waals surface area contributed by atoms with E-state index in [-0.39, 0.29) is 17.9 Å². The van der Waals surface area contributed by atoms with Crippen molar-refractivity contribution in [3.63, 3.8) is 0 Å². The average molecular weight is 449 g/mol. The number of benzene rings is 2. The molecule has 0 aromatic heterocycles. The molecule has 4 nitrogen and oxygen atoms in total. The summed E-state index contributed by atoms with van der Waals surface area (Å²) in [5.41, 5.74) is 1.11. The van der Waals surface area contributed by atoms with Crippen LogP contribution in [0.2, 0.25) is 0 Å². The summed E-state index contributed by atoms with van der Waals surface area (Å²) in [7, 11) is 1.61. The molecule has 7 heteroatoms. The Hall–Kier alpha value is -2.54. The third-order valence-electron chi connectivity index (χ3n) is 5.81. The summed E-state index contributed by atoms with van der Waals surface area (Å²) in [6.45, 7) is 6.25. The number of methoxy groups -OCH3 is 1. The standard InChI is InChI=1S/C25H31F3N2O2/c1-18(2)16-24(31)30(21-8-10-23(32-3)11-9-21)22-12-14-29(15-13-22)17-19-4-6-20(7-5-19)25(26,27)28/h4-11,18,22H,12-17H2,1-3H3. The van der Waals surface area contributed by atoms with Gasteiger partial charge in [-0.25, -0.2) is 0 Å². The van der Waals surface area contributed by atoms with Crippen molar-refractivity contribution in [1.29, 1.82) is 0 Å². The van der Waals surface area contributed by atoms with Gasteiger partial charge in [0.15, 0.2) is 0 Å². The van der Waals surface area contributed by atoms with Crippen LogP contribution in [0.5, 0.6) is 5.75 Å². The summed E-state index contributed by atoms with van der Waals surface area (Å²) in [4.78, 5) is 17.2. The van der Waals surface area contributed by atoms with E-state index in [0.29, 0.717) is 13.0 Å². The third kappa shape index (κ3) is 6.25. The van der Waals surface area contributed by atoms with Crippen LogP contribution in [0.1, 0.15) is 44.2 Å². The Kier molecular flexibility index (Phi) is 7.82. The Balaban J connectivity index is 1.65. The number of anilines is 1. The molecule has 1 aliphatic rings. The molecule has 0 radical (unpaired) electrons. The SMILES string of the molecule is COc1ccc(N(C(=O)CC(C)C)C2CCN(Cc3ccc(C(F)(F)F)cc3)CC2)cc1. The molecule has 0 bridgehead atoms. The largest absolute Gasteiger partial charge is 0.497 e. The number of alkyl halides is 3. The van der Waals surface area contributed by atoms with Gasteiger partial charge < -0.3 is 9.64 Å². The van der Waals surface area contributed by atoms with Gasteiger partial charge in [0.05, 0.1) is 12.7 Å². The van der Waals surface area contributed by atoms with Gasteiger partial charge in [-0.1, -0.05) is 26.0 Å². The van der Waals surface area contributed by atoms with Crippen LogP contribution in [0.15, 0.2) is 48.5 Å². The fraction of sp³-hybridized carbons (Fsp3) is 0.480. The van der Waals surface area contributed by atoms with Crippen molar-refractivity contribution in [3.05, 3.63) is 59.7 Å². The number of halogens is 3. The molecule has 0 N–H and O–H groups in total. The summed E-state index contributed by atoms with van der Waals surface area (Å²) >= 11 is 0. The molecule has 2 aromatic rings. The number of likely N-dealkylation sites (tertiary alicyclic amines) is 1. The Bertz CT molecular complexity index is 872. The number of hydrogen-bond acceptors (Lipinski definition) is 3. The highest BCUT2D eigenvalue weighted by Crippen LogP contribution is 2.30. The molecule has 2 aromatic carbocycles. The number of carbonyl (C=O) groups is 1. The molecule has 174 valence electrons. The maximum absolute atomic E-state index is 13.1. The first-order chi connectivity index (χ1) is 15.2. The normalized spacial score (nSPS) is 15.7. The number of ether oxygens (including phenoxy) is 1. The molecule has 1 saturated heterocycles. The van der Waals surface area contributed by atoms with E-state index in [4.69, 9.17) is 4.74 Å². The van der Waals surface area contributed by atoms with Gasteiger partial charge in [0.2, 0.25) is 5.91 Å². The van der Waals surface area contributed by atoms with Crippen molar-refractivity contribution in [2.24, 2.45) is 5.92 Å². The van der Waals surface area contributed by atoms with Gasteiger partial charge in [-0.3, -0.25) is 9.69 Å². The van der Waals surface area contributed by atoms with E-state index >= 15 is 0 Å². The Labute approximate surface area is 188 Å². The minimum absolute atomic E-state index is 0.0958. The zero-order valence-corrected chi connectivity index (χ0v) is 18.9. The maximum Gasteiger partial charge on any atom is 0.416 e. The fourth-order valence-electron chi connectivity index (χ4n) is 4.14. The predicted molar refractivity (Wildman–Crippen MR) is 120 cm³/mol. The quantitative estimate of drug-likeness (QED) is 0.540. The number of piperidine rings is 1. The number of carbonyl (C=O) groups excluding carboxylic acids is 1. The molecule has 1 fully saturated rings. The van der Waals surface area contributed by atoms with Gasteiger partial charge in [0, 0.05) is 37.8 Å². The summed E-state index contributed by atoms with van der Waals surface area (Å²) in [6.07, 6.45) is -2.20. The van der Waals surface area contributed by atoms with Crippen LogP contribution >= 0.6 is 0 Å². The maximum atomic E-state index is 13.1. The monoisotopic (exact) mass is 448 g/mol. The molecule has 1 heterocycles. The van der Waals surface area contributed by atoms with E-state index in [0.717, 1.165) is 55.1 Å². The van der Waals surface area contributed by atoms with E-state index in [1.165, 1.54) is 0 Å². The van der Waals surface area contributed by atoms with Crippen molar-refractivity contribution >= 4 is 11.6 Å². The first kappa shape index (κ1) is 24.1. The van der Waals surface area contributed by atoms with Gasteiger partial charge in [-0.15, -0.1) is 0 Å². The topological polar surface area (TPSA) is 32.8 Å². The number of amides is 1. The van der Waals surface area contributed by atoms with Crippen molar-refractivity contribution < 1.29 is 22.7 Å². The van der Waals surface area contributed by atoms with Crippen molar-refractivity contribution in [1.82, 2.24) is 4.90 Å². The van der Waals surface area contributed by atoms with Gasteiger partial charge in [-0.05, 0) is 60.7 Å². The van der Waals surface area contributed by atoms with Crippen LogP contribution in [0.3, 0.4) is 0 Å². The fourth-order valence-corrected chi connectivity index (χ4v) is 4.14. The molecular weight excluding hydrogens is 417 g/mol. The smallest absolute Gasteiger partial charge is 0.416 e. The number of nitrogens with zero attached hydrogens (tertiary/aromatic N) is 2. The molecule has 0 aliphatic carbocycles. The van der Waals surface area contributed by atoms with E-state index in [1.54, 1.807) is 19.2 Å². The van der Waals surface area contributed by atoms with Crippen LogP contribution in [-0.2, 0) is 17.5 Å². The minimum Gasteiger partial charge on any atom is -0.497 e. The van der Waals surface area contributed by atoms with Gasteiger partial charge in [-0.2, -0.15) is 13.2 Å². The molecule has 0 atom stereocenters. The number of hydrogen-bond donors (Lipinski definition) is 0. The second-order valence-electron chi connectivity index (χ2n) is 8.76. The lowest BCUT2D eigenvalue weighted by atomic mass is 9.99. The van der Waals surface area contributed by atoms with Crippen molar-refractivity contribution in [3.8, 4) is 5.75 Å². The van der Waals surface area contributed by atoms with E-state index in [2.05, 4.69) is 4.90 Å². The lowest BCUT2D eigenvalue weighted by Gasteiger charge is -2.39. The molecular formula is C25H31F3N2O2. The molecule has 1 aliphatic heterocycles. The zero-order valence-electron chi connectivity index (χ0n) is 18.9. The minimum atomic E-state index is -4.32. The molecule has 32 heavy (non-hydrogen) atoms. The van der Waals surface area contributed by atoms with Gasteiger partial charge in [0.1, 0.15) is 5.75 Å². The van der Waals surface area contributed by atoms with Crippen molar-refractivity contribution in [2.75, 3.05) is 25.1 Å². The first-order valence-electron chi connectivity index (χ1n) is 11.0. The van der Waals surface area contributed by atoms with Gasteiger partial charge in [0.25, 0.3) is 0 Å². The second-order valence-corrected chi connectivity index (χ2v) is 8.76. The molecule has 0 unspecified atom stereocenters. The Morgan fingerprint density at radius 3 is 2.16 bits per heavy atom.